The SMILES string of the molecule is CCCC[C@H]1C=C2CCCC3=C[C@@H](CCCC)[C@@H](O)C(CO[Si](C)(C)C(C)(C)C)([C@@H]1O)C23CO[Si](C)(C)C(C)(C)C. The van der Waals surface area contributed by atoms with Gasteiger partial charge in [0.05, 0.1) is 17.6 Å². The molecule has 3 rings (SSSR count). The minimum Gasteiger partial charge on any atom is -0.416 e. The van der Waals surface area contributed by atoms with Gasteiger partial charge >= 0.3 is 0 Å². The van der Waals surface area contributed by atoms with Crippen molar-refractivity contribution in [3.63, 3.8) is 0 Å². The van der Waals surface area contributed by atoms with E-state index in [1.807, 2.05) is 0 Å². The molecule has 0 aromatic carbocycles. The van der Waals surface area contributed by atoms with Gasteiger partial charge in [0.1, 0.15) is 0 Å². The summed E-state index contributed by atoms with van der Waals surface area (Å²) in [6.07, 6.45) is 13.0. The molecule has 0 radical (unpaired) electrons. The first-order valence-corrected chi connectivity index (χ1v) is 22.7. The minimum absolute atomic E-state index is 0.0351. The molecule has 0 aromatic heterocycles. The molecule has 0 amide bonds. The largest absolute Gasteiger partial charge is 0.416 e. The van der Waals surface area contributed by atoms with Gasteiger partial charge in [0, 0.05) is 30.5 Å². The first-order chi connectivity index (χ1) is 18.8. The van der Waals surface area contributed by atoms with Gasteiger partial charge in [0.15, 0.2) is 16.6 Å². The fraction of sp³-hybridized carbons (Fsp3) is 0.886. The topological polar surface area (TPSA) is 58.9 Å². The van der Waals surface area contributed by atoms with Crippen molar-refractivity contribution in [2.45, 2.75) is 162 Å². The highest BCUT2D eigenvalue weighted by molar-refractivity contribution is 6.74. The van der Waals surface area contributed by atoms with Crippen LogP contribution in [-0.4, -0.2) is 52.3 Å². The summed E-state index contributed by atoms with van der Waals surface area (Å²) in [4.78, 5) is 0. The Morgan fingerprint density at radius 2 is 1.12 bits per heavy atom. The molecule has 6 heteroatoms. The van der Waals surface area contributed by atoms with E-state index < -0.39 is 39.7 Å². The molecular weight excluding hydrogens is 541 g/mol. The molecule has 0 heterocycles. The van der Waals surface area contributed by atoms with Crippen molar-refractivity contribution in [1.29, 1.82) is 0 Å². The lowest BCUT2D eigenvalue weighted by Crippen LogP contribution is -2.70. The van der Waals surface area contributed by atoms with Crippen molar-refractivity contribution in [3.05, 3.63) is 23.3 Å². The van der Waals surface area contributed by atoms with Crippen LogP contribution < -0.4 is 0 Å². The second kappa shape index (κ2) is 12.6. The highest BCUT2D eigenvalue weighted by Crippen LogP contribution is 2.67. The summed E-state index contributed by atoms with van der Waals surface area (Å²) < 4.78 is 14.3. The lowest BCUT2D eigenvalue weighted by atomic mass is 9.42. The molecule has 4 nitrogen and oxygen atoms in total. The van der Waals surface area contributed by atoms with Crippen molar-refractivity contribution < 1.29 is 19.1 Å². The van der Waals surface area contributed by atoms with Crippen molar-refractivity contribution in [1.82, 2.24) is 0 Å². The standard InChI is InChI=1S/C35H66O4Si2/c1-13-15-18-26-22-28-20-17-21-29-23-27(19-16-14-2)31(37)35(30(26)36,25-39-41(11,12)33(6,7)8)34(28,29)24-38-40(9,10)32(3,4)5/h22-23,26-27,30-31,36-37H,13-21,24-25H2,1-12H3/t26-,27+,30-,31-,34?,35?/m1/s1. The van der Waals surface area contributed by atoms with Gasteiger partial charge in [-0.25, -0.2) is 0 Å². The van der Waals surface area contributed by atoms with E-state index in [4.69, 9.17) is 8.85 Å². The molecule has 0 aromatic rings. The van der Waals surface area contributed by atoms with Crippen LogP contribution in [0.15, 0.2) is 23.3 Å². The Labute approximate surface area is 256 Å². The van der Waals surface area contributed by atoms with Gasteiger partial charge in [-0.05, 0) is 68.4 Å². The van der Waals surface area contributed by atoms with E-state index in [2.05, 4.69) is 93.7 Å². The van der Waals surface area contributed by atoms with Crippen LogP contribution in [0.5, 0.6) is 0 Å². The van der Waals surface area contributed by atoms with E-state index in [1.54, 1.807) is 0 Å². The Kier molecular flexibility index (Phi) is 10.9. The van der Waals surface area contributed by atoms with Crippen molar-refractivity contribution in [2.24, 2.45) is 22.7 Å². The Morgan fingerprint density at radius 1 is 0.732 bits per heavy atom. The third kappa shape index (κ3) is 6.31. The summed E-state index contributed by atoms with van der Waals surface area (Å²) >= 11 is 0. The van der Waals surface area contributed by atoms with Crippen molar-refractivity contribution in [3.8, 4) is 0 Å². The minimum atomic E-state index is -2.18. The van der Waals surface area contributed by atoms with Crippen LogP contribution in [0.1, 0.15) is 113 Å². The van der Waals surface area contributed by atoms with E-state index in [9.17, 15) is 10.2 Å². The first kappa shape index (κ1) is 35.2. The monoisotopic (exact) mass is 606 g/mol. The lowest BCUT2D eigenvalue weighted by molar-refractivity contribution is -0.198. The van der Waals surface area contributed by atoms with Crippen LogP contribution in [0, 0.1) is 22.7 Å². The second-order valence-electron chi connectivity index (χ2n) is 16.8. The molecule has 0 bridgehead atoms. The maximum Gasteiger partial charge on any atom is 0.192 e. The molecule has 238 valence electrons. The van der Waals surface area contributed by atoms with E-state index >= 15 is 0 Å². The summed E-state index contributed by atoms with van der Waals surface area (Å²) in [5.74, 6) is 0.0702. The van der Waals surface area contributed by atoms with Crippen molar-refractivity contribution in [2.75, 3.05) is 13.2 Å². The van der Waals surface area contributed by atoms with Gasteiger partial charge in [-0.2, -0.15) is 0 Å². The van der Waals surface area contributed by atoms with Crippen LogP contribution >= 0.6 is 0 Å². The number of hydrogen-bond donors (Lipinski definition) is 2. The van der Waals surface area contributed by atoms with Crippen LogP contribution in [0.3, 0.4) is 0 Å². The first-order valence-electron chi connectivity index (χ1n) is 16.9. The van der Waals surface area contributed by atoms with Gasteiger partial charge in [0.25, 0.3) is 0 Å². The highest BCUT2D eigenvalue weighted by atomic mass is 28.4. The quantitative estimate of drug-likeness (QED) is 0.172. The van der Waals surface area contributed by atoms with Gasteiger partial charge in [-0.15, -0.1) is 0 Å². The molecule has 2 unspecified atom stereocenters. The molecule has 6 atom stereocenters. The van der Waals surface area contributed by atoms with Gasteiger partial charge in [-0.1, -0.05) is 104 Å². The zero-order valence-corrected chi connectivity index (χ0v) is 31.0. The van der Waals surface area contributed by atoms with Crippen LogP contribution in [0.25, 0.3) is 0 Å². The predicted molar refractivity (Wildman–Crippen MR) is 179 cm³/mol. The molecule has 0 spiro atoms. The highest BCUT2D eigenvalue weighted by Gasteiger charge is 2.69. The molecule has 3 aliphatic carbocycles. The number of aliphatic hydroxyl groups is 2. The summed E-state index contributed by atoms with van der Waals surface area (Å²) in [5.41, 5.74) is 1.47. The average Bonchev–Trinajstić information content (AvgIpc) is 2.86. The van der Waals surface area contributed by atoms with Crippen LogP contribution in [0.2, 0.25) is 36.3 Å². The molecule has 1 saturated carbocycles. The number of aliphatic hydroxyl groups excluding tert-OH is 2. The Morgan fingerprint density at radius 3 is 1.49 bits per heavy atom. The van der Waals surface area contributed by atoms with Gasteiger partial charge in [0.2, 0.25) is 0 Å². The average molecular weight is 607 g/mol. The molecule has 1 fully saturated rings. The molecule has 0 saturated heterocycles. The Bertz CT molecular complexity index is 912. The Hall–Kier alpha value is -0.246. The smallest absolute Gasteiger partial charge is 0.192 e. The normalized spacial score (nSPS) is 32.8. The molecule has 3 aliphatic rings. The summed E-state index contributed by atoms with van der Waals surface area (Å²) in [6, 6.07) is 0. The number of unbranched alkanes of at least 4 members (excludes halogenated alkanes) is 2. The Balaban J connectivity index is 2.30. The molecule has 41 heavy (non-hydrogen) atoms. The summed E-state index contributed by atoms with van der Waals surface area (Å²) in [5, 5.41) is 25.6. The third-order valence-electron chi connectivity index (χ3n) is 12.2. The fourth-order valence-electron chi connectivity index (χ4n) is 7.29. The van der Waals surface area contributed by atoms with Gasteiger partial charge < -0.3 is 19.1 Å². The van der Waals surface area contributed by atoms with Crippen LogP contribution in [-0.2, 0) is 8.85 Å². The summed E-state index contributed by atoms with van der Waals surface area (Å²) in [7, 11) is -4.29. The number of hydrogen-bond acceptors (Lipinski definition) is 4. The predicted octanol–water partition coefficient (Wildman–Crippen LogP) is 9.40. The summed E-state index contributed by atoms with van der Waals surface area (Å²) in [6.45, 7) is 28.4. The maximum atomic E-state index is 12.7. The van der Waals surface area contributed by atoms with Crippen LogP contribution in [0.4, 0.5) is 0 Å². The van der Waals surface area contributed by atoms with Crippen molar-refractivity contribution >= 4 is 16.6 Å². The van der Waals surface area contributed by atoms with E-state index in [-0.39, 0.29) is 21.9 Å². The maximum absolute atomic E-state index is 12.7. The molecular formula is C35H66O4Si2. The zero-order valence-electron chi connectivity index (χ0n) is 29.0. The molecule has 0 aliphatic heterocycles. The number of rotatable bonds is 12. The molecule has 2 N–H and O–H groups in total. The zero-order chi connectivity index (χ0) is 31.1. The van der Waals surface area contributed by atoms with E-state index in [0.717, 1.165) is 57.8 Å². The third-order valence-corrected chi connectivity index (χ3v) is 21.2. The van der Waals surface area contributed by atoms with Gasteiger partial charge in [-0.3, -0.25) is 0 Å². The second-order valence-corrected chi connectivity index (χ2v) is 26.4. The lowest BCUT2D eigenvalue weighted by Gasteiger charge is -2.66. The fourth-order valence-corrected chi connectivity index (χ4v) is 9.33. The van der Waals surface area contributed by atoms with E-state index in [1.165, 1.54) is 11.1 Å². The van der Waals surface area contributed by atoms with E-state index in [0.29, 0.717) is 13.2 Å².